The molecule has 0 N–H and O–H groups in total. The zero-order valence-electron chi connectivity index (χ0n) is 19.1. The molecule has 1 aliphatic rings. The summed E-state index contributed by atoms with van der Waals surface area (Å²) in [6, 6.07) is 18.2. The zero-order chi connectivity index (χ0) is 21.0. The van der Waals surface area contributed by atoms with Gasteiger partial charge in [0.25, 0.3) is 0 Å². The second-order valence-corrected chi connectivity index (χ2v) is 8.91. The van der Waals surface area contributed by atoms with Crippen LogP contribution in [0.2, 0.25) is 0 Å². The molecule has 0 heterocycles. The predicted octanol–water partition coefficient (Wildman–Crippen LogP) is 8.69. The van der Waals surface area contributed by atoms with E-state index < -0.39 is 0 Å². The lowest BCUT2D eigenvalue weighted by molar-refractivity contribution is 0.117. The highest BCUT2D eigenvalue weighted by Gasteiger charge is 2.21. The van der Waals surface area contributed by atoms with Gasteiger partial charge < -0.3 is 4.74 Å². The van der Waals surface area contributed by atoms with Gasteiger partial charge in [0.1, 0.15) is 0 Å². The fourth-order valence-electron chi connectivity index (χ4n) is 4.57. The van der Waals surface area contributed by atoms with E-state index in [2.05, 4.69) is 74.5 Å². The minimum absolute atomic E-state index is 0.722. The second-order valence-electron chi connectivity index (χ2n) is 8.91. The van der Waals surface area contributed by atoms with Crippen LogP contribution < -0.4 is 0 Å². The SMILES string of the molecule is CC/C=C/CC1CCC(c2ccc(-c3ccc(COCCCCC)cc3)cc2)CC1. The van der Waals surface area contributed by atoms with Crippen molar-refractivity contribution in [2.75, 3.05) is 6.61 Å². The van der Waals surface area contributed by atoms with Gasteiger partial charge in [0.15, 0.2) is 0 Å². The van der Waals surface area contributed by atoms with Crippen LogP contribution in [-0.2, 0) is 11.3 Å². The van der Waals surface area contributed by atoms with Crippen molar-refractivity contribution in [2.24, 2.45) is 5.92 Å². The van der Waals surface area contributed by atoms with E-state index in [0.717, 1.165) is 31.5 Å². The highest BCUT2D eigenvalue weighted by Crippen LogP contribution is 2.37. The first-order valence-corrected chi connectivity index (χ1v) is 12.2. The Morgan fingerprint density at radius 1 is 0.800 bits per heavy atom. The van der Waals surface area contributed by atoms with Crippen LogP contribution >= 0.6 is 0 Å². The average molecular weight is 405 g/mol. The molecule has 30 heavy (non-hydrogen) atoms. The van der Waals surface area contributed by atoms with Gasteiger partial charge in [-0.25, -0.2) is 0 Å². The maximum absolute atomic E-state index is 5.78. The fourth-order valence-corrected chi connectivity index (χ4v) is 4.57. The number of ether oxygens (including phenoxy) is 1. The van der Waals surface area contributed by atoms with Crippen LogP contribution in [0.3, 0.4) is 0 Å². The molecule has 0 bridgehead atoms. The summed E-state index contributed by atoms with van der Waals surface area (Å²) < 4.78 is 5.78. The van der Waals surface area contributed by atoms with Gasteiger partial charge in [0.2, 0.25) is 0 Å². The third kappa shape index (κ3) is 7.13. The van der Waals surface area contributed by atoms with E-state index in [4.69, 9.17) is 4.74 Å². The summed E-state index contributed by atoms with van der Waals surface area (Å²) in [5.74, 6) is 1.65. The number of benzene rings is 2. The van der Waals surface area contributed by atoms with Gasteiger partial charge >= 0.3 is 0 Å². The summed E-state index contributed by atoms with van der Waals surface area (Å²) in [6.07, 6.45) is 16.3. The fraction of sp³-hybridized carbons (Fsp3) is 0.517. The van der Waals surface area contributed by atoms with E-state index in [-0.39, 0.29) is 0 Å². The molecule has 0 unspecified atom stereocenters. The van der Waals surface area contributed by atoms with Gasteiger partial charge in [0, 0.05) is 6.61 Å². The highest BCUT2D eigenvalue weighted by molar-refractivity contribution is 5.64. The first-order valence-electron chi connectivity index (χ1n) is 12.2. The first kappa shape index (κ1) is 22.8. The van der Waals surface area contributed by atoms with Crippen molar-refractivity contribution in [3.8, 4) is 11.1 Å². The van der Waals surface area contributed by atoms with Gasteiger partial charge in [-0.1, -0.05) is 87.4 Å². The third-order valence-corrected chi connectivity index (χ3v) is 6.55. The molecule has 2 aromatic rings. The quantitative estimate of drug-likeness (QED) is 0.269. The molecule has 0 atom stereocenters. The van der Waals surface area contributed by atoms with Crippen LogP contribution in [0.4, 0.5) is 0 Å². The molecular weight excluding hydrogens is 364 g/mol. The third-order valence-electron chi connectivity index (χ3n) is 6.55. The molecule has 3 rings (SSSR count). The Morgan fingerprint density at radius 2 is 1.47 bits per heavy atom. The number of allylic oxidation sites excluding steroid dienone is 2. The normalized spacial score (nSPS) is 19.4. The number of hydrogen-bond donors (Lipinski definition) is 0. The molecule has 0 aromatic heterocycles. The highest BCUT2D eigenvalue weighted by atomic mass is 16.5. The van der Waals surface area contributed by atoms with E-state index in [1.807, 2.05) is 0 Å². The van der Waals surface area contributed by atoms with Crippen molar-refractivity contribution in [2.45, 2.75) is 84.2 Å². The van der Waals surface area contributed by atoms with E-state index in [1.165, 1.54) is 73.6 Å². The van der Waals surface area contributed by atoms with Gasteiger partial charge in [-0.3, -0.25) is 0 Å². The van der Waals surface area contributed by atoms with Crippen LogP contribution in [-0.4, -0.2) is 6.61 Å². The van der Waals surface area contributed by atoms with Crippen LogP contribution in [0.25, 0.3) is 11.1 Å². The molecule has 1 aliphatic carbocycles. The smallest absolute Gasteiger partial charge is 0.0716 e. The Kier molecular flexibility index (Phi) is 9.70. The van der Waals surface area contributed by atoms with Crippen LogP contribution in [0, 0.1) is 5.92 Å². The topological polar surface area (TPSA) is 9.23 Å². The Bertz CT molecular complexity index is 733. The molecule has 1 heteroatoms. The standard InChI is InChI=1S/C29H40O/c1-3-5-7-9-24-10-14-26(15-11-24)28-18-20-29(21-19-28)27-16-12-25(13-17-27)23-30-22-8-6-4-2/h5,7,12-13,16-21,24,26H,3-4,6,8-11,14-15,22-23H2,1-2H3/b7-5+. The monoisotopic (exact) mass is 404 g/mol. The van der Waals surface area contributed by atoms with Gasteiger partial charge in [-0.05, 0) is 79.0 Å². The van der Waals surface area contributed by atoms with Crippen LogP contribution in [0.5, 0.6) is 0 Å². The largest absolute Gasteiger partial charge is 0.377 e. The van der Waals surface area contributed by atoms with Crippen molar-refractivity contribution in [3.63, 3.8) is 0 Å². The lowest BCUT2D eigenvalue weighted by Crippen LogP contribution is -2.12. The number of rotatable bonds is 11. The van der Waals surface area contributed by atoms with Gasteiger partial charge in [-0.15, -0.1) is 0 Å². The van der Waals surface area contributed by atoms with E-state index in [0.29, 0.717) is 0 Å². The zero-order valence-corrected chi connectivity index (χ0v) is 19.1. The Hall–Kier alpha value is -1.86. The Labute approximate surface area is 184 Å². The van der Waals surface area contributed by atoms with E-state index >= 15 is 0 Å². The summed E-state index contributed by atoms with van der Waals surface area (Å²) in [4.78, 5) is 0. The molecule has 0 saturated heterocycles. The molecule has 0 amide bonds. The second kappa shape index (κ2) is 12.7. The molecule has 0 spiro atoms. The van der Waals surface area contributed by atoms with Gasteiger partial charge in [-0.2, -0.15) is 0 Å². The van der Waals surface area contributed by atoms with E-state index in [1.54, 1.807) is 0 Å². The molecule has 1 fully saturated rings. The maximum atomic E-state index is 5.78. The Morgan fingerprint density at radius 3 is 2.10 bits per heavy atom. The summed E-state index contributed by atoms with van der Waals surface area (Å²) >= 11 is 0. The van der Waals surface area contributed by atoms with Crippen LogP contribution in [0.1, 0.15) is 88.7 Å². The predicted molar refractivity (Wildman–Crippen MR) is 130 cm³/mol. The van der Waals surface area contributed by atoms with Crippen molar-refractivity contribution in [1.29, 1.82) is 0 Å². The van der Waals surface area contributed by atoms with Crippen molar-refractivity contribution < 1.29 is 4.74 Å². The van der Waals surface area contributed by atoms with Crippen molar-refractivity contribution in [1.82, 2.24) is 0 Å². The number of hydrogen-bond acceptors (Lipinski definition) is 1. The van der Waals surface area contributed by atoms with Crippen molar-refractivity contribution >= 4 is 0 Å². The minimum Gasteiger partial charge on any atom is -0.377 e. The molecule has 0 aliphatic heterocycles. The molecule has 1 saturated carbocycles. The minimum atomic E-state index is 0.722. The maximum Gasteiger partial charge on any atom is 0.0716 e. The lowest BCUT2D eigenvalue weighted by atomic mass is 9.77. The summed E-state index contributed by atoms with van der Waals surface area (Å²) in [5.41, 5.74) is 5.39. The molecule has 1 nitrogen and oxygen atoms in total. The average Bonchev–Trinajstić information content (AvgIpc) is 2.80. The molecule has 2 aromatic carbocycles. The summed E-state index contributed by atoms with van der Waals surface area (Å²) in [7, 11) is 0. The summed E-state index contributed by atoms with van der Waals surface area (Å²) in [5, 5.41) is 0. The Balaban J connectivity index is 1.48. The summed E-state index contributed by atoms with van der Waals surface area (Å²) in [6.45, 7) is 6.03. The van der Waals surface area contributed by atoms with Crippen molar-refractivity contribution in [3.05, 3.63) is 71.8 Å². The lowest BCUT2D eigenvalue weighted by Gasteiger charge is -2.28. The molecule has 0 radical (unpaired) electrons. The molecular formula is C29H40O. The first-order chi connectivity index (χ1) is 14.8. The van der Waals surface area contributed by atoms with Gasteiger partial charge in [0.05, 0.1) is 6.61 Å². The number of unbranched alkanes of at least 4 members (excludes halogenated alkanes) is 2. The molecule has 162 valence electrons. The van der Waals surface area contributed by atoms with Crippen LogP contribution in [0.15, 0.2) is 60.7 Å². The van der Waals surface area contributed by atoms with E-state index in [9.17, 15) is 0 Å².